The zero-order chi connectivity index (χ0) is 15.4. The first-order valence-electron chi connectivity index (χ1n) is 7.69. The van der Waals surface area contributed by atoms with E-state index in [1.54, 1.807) is 12.4 Å². The Labute approximate surface area is 129 Å². The molecule has 3 rings (SSSR count). The van der Waals surface area contributed by atoms with Crippen molar-refractivity contribution in [3.05, 3.63) is 42.4 Å². The molecule has 2 aromatic heterocycles. The Morgan fingerprint density at radius 3 is 2.86 bits per heavy atom. The maximum atomic E-state index is 12.1. The SMILES string of the molecule is NC1CCC(C(=O)Nc2ccn(CCc3ccncc3)n2)C1. The molecule has 0 spiro atoms. The van der Waals surface area contributed by atoms with Crippen LogP contribution in [0.1, 0.15) is 24.8 Å². The number of aryl methyl sites for hydroxylation is 2. The molecule has 116 valence electrons. The number of hydrogen-bond donors (Lipinski definition) is 2. The number of nitrogens with one attached hydrogen (secondary N) is 1. The van der Waals surface area contributed by atoms with E-state index in [4.69, 9.17) is 5.73 Å². The maximum Gasteiger partial charge on any atom is 0.228 e. The summed E-state index contributed by atoms with van der Waals surface area (Å²) >= 11 is 0. The van der Waals surface area contributed by atoms with Crippen LogP contribution in [0.15, 0.2) is 36.8 Å². The molecule has 1 fully saturated rings. The number of nitrogens with two attached hydrogens (primary N) is 1. The van der Waals surface area contributed by atoms with Gasteiger partial charge in [0.25, 0.3) is 0 Å². The normalized spacial score (nSPS) is 21.0. The van der Waals surface area contributed by atoms with Crippen LogP contribution in [-0.4, -0.2) is 26.7 Å². The van der Waals surface area contributed by atoms with Gasteiger partial charge in [0, 0.05) is 43.2 Å². The van der Waals surface area contributed by atoms with Crippen LogP contribution in [0.4, 0.5) is 5.82 Å². The molecule has 0 bridgehead atoms. The number of carbonyl (C=O) groups is 1. The molecule has 1 amide bonds. The molecule has 6 nitrogen and oxygen atoms in total. The monoisotopic (exact) mass is 299 g/mol. The van der Waals surface area contributed by atoms with E-state index in [1.165, 1.54) is 5.56 Å². The van der Waals surface area contributed by atoms with Crippen molar-refractivity contribution < 1.29 is 4.79 Å². The highest BCUT2D eigenvalue weighted by atomic mass is 16.2. The summed E-state index contributed by atoms with van der Waals surface area (Å²) < 4.78 is 1.84. The van der Waals surface area contributed by atoms with E-state index in [9.17, 15) is 4.79 Å². The number of rotatable bonds is 5. The minimum absolute atomic E-state index is 0.0250. The highest BCUT2D eigenvalue weighted by molar-refractivity contribution is 5.91. The number of pyridine rings is 1. The van der Waals surface area contributed by atoms with Gasteiger partial charge in [-0.25, -0.2) is 0 Å². The summed E-state index contributed by atoms with van der Waals surface area (Å²) in [6.45, 7) is 0.772. The van der Waals surface area contributed by atoms with Crippen LogP contribution in [0.3, 0.4) is 0 Å². The van der Waals surface area contributed by atoms with Crippen molar-refractivity contribution in [2.45, 2.75) is 38.3 Å². The second-order valence-electron chi connectivity index (χ2n) is 5.83. The molecule has 3 N–H and O–H groups in total. The van der Waals surface area contributed by atoms with E-state index in [2.05, 4.69) is 15.4 Å². The van der Waals surface area contributed by atoms with Gasteiger partial charge in [-0.15, -0.1) is 0 Å². The molecule has 1 aliphatic rings. The van der Waals surface area contributed by atoms with E-state index in [-0.39, 0.29) is 17.9 Å². The summed E-state index contributed by atoms with van der Waals surface area (Å²) in [6.07, 6.45) is 8.92. The Morgan fingerprint density at radius 2 is 2.14 bits per heavy atom. The number of hydrogen-bond acceptors (Lipinski definition) is 4. The number of aromatic nitrogens is 3. The van der Waals surface area contributed by atoms with Crippen LogP contribution in [-0.2, 0) is 17.8 Å². The molecule has 0 aliphatic heterocycles. The molecule has 2 heterocycles. The van der Waals surface area contributed by atoms with E-state index in [0.29, 0.717) is 5.82 Å². The summed E-state index contributed by atoms with van der Waals surface area (Å²) in [4.78, 5) is 16.1. The van der Waals surface area contributed by atoms with Crippen molar-refractivity contribution in [3.8, 4) is 0 Å². The van der Waals surface area contributed by atoms with Crippen LogP contribution in [0, 0.1) is 5.92 Å². The van der Waals surface area contributed by atoms with Gasteiger partial charge in [-0.3, -0.25) is 14.5 Å². The van der Waals surface area contributed by atoms with Gasteiger partial charge in [-0.2, -0.15) is 5.10 Å². The molecule has 2 atom stereocenters. The summed E-state index contributed by atoms with van der Waals surface area (Å²) in [5.74, 6) is 0.671. The third kappa shape index (κ3) is 3.71. The summed E-state index contributed by atoms with van der Waals surface area (Å²) in [5, 5.41) is 7.28. The zero-order valence-electron chi connectivity index (χ0n) is 12.5. The van der Waals surface area contributed by atoms with Crippen molar-refractivity contribution in [2.24, 2.45) is 11.7 Å². The van der Waals surface area contributed by atoms with Crippen LogP contribution < -0.4 is 11.1 Å². The maximum absolute atomic E-state index is 12.1. The van der Waals surface area contributed by atoms with Crippen molar-refractivity contribution in [1.29, 1.82) is 0 Å². The lowest BCUT2D eigenvalue weighted by Gasteiger charge is -2.08. The summed E-state index contributed by atoms with van der Waals surface area (Å²) in [7, 11) is 0. The predicted molar refractivity (Wildman–Crippen MR) is 84.1 cm³/mol. The largest absolute Gasteiger partial charge is 0.328 e. The standard InChI is InChI=1S/C16H21N5O/c17-14-2-1-13(11-14)16(22)19-15-6-10-21(20-15)9-5-12-3-7-18-8-4-12/h3-4,6-8,10,13-14H,1-2,5,9,11,17H2,(H,19,20,22). The number of carbonyl (C=O) groups excluding carboxylic acids is 1. The minimum atomic E-state index is 0.0250. The van der Waals surface area contributed by atoms with Gasteiger partial charge >= 0.3 is 0 Å². The first-order valence-corrected chi connectivity index (χ1v) is 7.69. The highest BCUT2D eigenvalue weighted by Crippen LogP contribution is 2.25. The lowest BCUT2D eigenvalue weighted by Crippen LogP contribution is -2.23. The van der Waals surface area contributed by atoms with Gasteiger partial charge in [-0.05, 0) is 43.4 Å². The highest BCUT2D eigenvalue weighted by Gasteiger charge is 2.27. The van der Waals surface area contributed by atoms with Gasteiger partial charge in [0.1, 0.15) is 0 Å². The molecule has 0 aromatic carbocycles. The number of amides is 1. The van der Waals surface area contributed by atoms with Crippen molar-refractivity contribution >= 4 is 11.7 Å². The molecule has 22 heavy (non-hydrogen) atoms. The predicted octanol–water partition coefficient (Wildman–Crippen LogP) is 1.59. The van der Waals surface area contributed by atoms with Crippen LogP contribution in [0.25, 0.3) is 0 Å². The first-order chi connectivity index (χ1) is 10.7. The van der Waals surface area contributed by atoms with E-state index in [0.717, 1.165) is 32.2 Å². The zero-order valence-corrected chi connectivity index (χ0v) is 12.5. The number of anilines is 1. The quantitative estimate of drug-likeness (QED) is 0.878. The molecule has 2 unspecified atom stereocenters. The van der Waals surface area contributed by atoms with Crippen LogP contribution >= 0.6 is 0 Å². The average Bonchev–Trinajstić information content (AvgIpc) is 3.15. The second-order valence-corrected chi connectivity index (χ2v) is 5.83. The van der Waals surface area contributed by atoms with E-state index in [1.807, 2.05) is 29.1 Å². The van der Waals surface area contributed by atoms with Gasteiger partial charge in [0.2, 0.25) is 5.91 Å². The van der Waals surface area contributed by atoms with E-state index >= 15 is 0 Å². The smallest absolute Gasteiger partial charge is 0.228 e. The molecular weight excluding hydrogens is 278 g/mol. The Hall–Kier alpha value is -2.21. The molecule has 0 saturated heterocycles. The third-order valence-electron chi connectivity index (χ3n) is 4.11. The Morgan fingerprint density at radius 1 is 1.32 bits per heavy atom. The van der Waals surface area contributed by atoms with Crippen LogP contribution in [0.2, 0.25) is 0 Å². The van der Waals surface area contributed by atoms with E-state index < -0.39 is 0 Å². The molecule has 1 saturated carbocycles. The number of nitrogens with zero attached hydrogens (tertiary/aromatic N) is 3. The summed E-state index contributed by atoms with van der Waals surface area (Å²) in [5.41, 5.74) is 7.07. The van der Waals surface area contributed by atoms with Crippen molar-refractivity contribution in [3.63, 3.8) is 0 Å². The molecule has 6 heteroatoms. The first kappa shape index (κ1) is 14.7. The average molecular weight is 299 g/mol. The fourth-order valence-corrected chi connectivity index (χ4v) is 2.83. The Kier molecular flexibility index (Phi) is 4.48. The Bertz CT molecular complexity index is 624. The van der Waals surface area contributed by atoms with Gasteiger partial charge in [-0.1, -0.05) is 0 Å². The van der Waals surface area contributed by atoms with Crippen molar-refractivity contribution in [1.82, 2.24) is 14.8 Å². The fraction of sp³-hybridized carbons (Fsp3) is 0.438. The van der Waals surface area contributed by atoms with Gasteiger partial charge < -0.3 is 11.1 Å². The van der Waals surface area contributed by atoms with Crippen LogP contribution in [0.5, 0.6) is 0 Å². The topological polar surface area (TPSA) is 85.8 Å². The lowest BCUT2D eigenvalue weighted by atomic mass is 10.1. The minimum Gasteiger partial charge on any atom is -0.328 e. The van der Waals surface area contributed by atoms with Gasteiger partial charge in [0.15, 0.2) is 5.82 Å². The van der Waals surface area contributed by atoms with Crippen molar-refractivity contribution in [2.75, 3.05) is 5.32 Å². The van der Waals surface area contributed by atoms with Gasteiger partial charge in [0.05, 0.1) is 0 Å². The molecule has 2 aromatic rings. The fourth-order valence-electron chi connectivity index (χ4n) is 2.83. The second kappa shape index (κ2) is 6.70. The molecule has 0 radical (unpaired) electrons. The Balaban J connectivity index is 1.51. The third-order valence-corrected chi connectivity index (χ3v) is 4.11. The summed E-state index contributed by atoms with van der Waals surface area (Å²) in [6, 6.07) is 5.98. The lowest BCUT2D eigenvalue weighted by molar-refractivity contribution is -0.119. The molecule has 1 aliphatic carbocycles. The molecular formula is C16H21N5O.